The molecule has 0 aromatic rings. The highest BCUT2D eigenvalue weighted by molar-refractivity contribution is 5.98. The average molecular weight is 130 g/mol. The molecule has 0 radical (unpaired) electrons. The minimum Gasteiger partial charge on any atom is -0.425 e. The molecule has 0 saturated heterocycles. The second-order valence-electron chi connectivity index (χ2n) is 1.79. The molecule has 48 valence electrons. The molecule has 2 heteroatoms. The van der Waals surface area contributed by atoms with Crippen LogP contribution in [0.25, 0.3) is 0 Å². The van der Waals surface area contributed by atoms with Gasteiger partial charge in [-0.3, -0.25) is 0 Å². The monoisotopic (exact) mass is 130 g/mol. The molecular weight excluding hydrogens is 116 g/mol. The predicted molar refractivity (Wildman–Crippen MR) is 39.9 cm³/mol. The van der Waals surface area contributed by atoms with Crippen molar-refractivity contribution in [3.05, 3.63) is 12.7 Å². The molecule has 0 spiro atoms. The molecule has 0 heterocycles. The Morgan fingerprint density at radius 3 is 2.62 bits per heavy atom. The summed E-state index contributed by atoms with van der Waals surface area (Å²) in [7, 11) is 0.848. The van der Waals surface area contributed by atoms with Crippen molar-refractivity contribution in [3.63, 3.8) is 0 Å². The molecule has 1 atom stereocenters. The van der Waals surface area contributed by atoms with Gasteiger partial charge in [0.1, 0.15) is 10.5 Å². The molecule has 0 amide bonds. The van der Waals surface area contributed by atoms with Crippen molar-refractivity contribution in [1.29, 1.82) is 0 Å². The highest BCUT2D eigenvalue weighted by atomic mass is 28.2. The Labute approximate surface area is 54.3 Å². The summed E-state index contributed by atoms with van der Waals surface area (Å²) in [6.07, 6.45) is 4.46. The van der Waals surface area contributed by atoms with Crippen LogP contribution in [0.5, 0.6) is 0 Å². The van der Waals surface area contributed by atoms with Gasteiger partial charge in [0.25, 0.3) is 0 Å². The van der Waals surface area contributed by atoms with Gasteiger partial charge in [-0.15, -0.1) is 6.58 Å². The third kappa shape index (κ3) is 2.99. The van der Waals surface area contributed by atoms with E-state index in [2.05, 4.69) is 13.5 Å². The lowest BCUT2D eigenvalue weighted by molar-refractivity contribution is 0.220. The van der Waals surface area contributed by atoms with Gasteiger partial charge in [-0.05, 0) is 12.8 Å². The Morgan fingerprint density at radius 1 is 1.88 bits per heavy atom. The molecule has 0 aliphatic rings. The second-order valence-corrected chi connectivity index (χ2v) is 2.26. The molecule has 0 bridgehead atoms. The number of hydrogen-bond donors (Lipinski definition) is 0. The van der Waals surface area contributed by atoms with E-state index in [0.717, 1.165) is 23.3 Å². The lowest BCUT2D eigenvalue weighted by atomic mass is 10.2. The first kappa shape index (κ1) is 7.92. The Morgan fingerprint density at radius 2 is 2.50 bits per heavy atom. The third-order valence-electron chi connectivity index (χ3n) is 1.22. The molecule has 0 aromatic carbocycles. The maximum absolute atomic E-state index is 5.21. The van der Waals surface area contributed by atoms with Crippen LogP contribution in [0, 0.1) is 0 Å². The van der Waals surface area contributed by atoms with Crippen molar-refractivity contribution in [1.82, 2.24) is 0 Å². The van der Waals surface area contributed by atoms with Crippen molar-refractivity contribution in [3.8, 4) is 0 Å². The van der Waals surface area contributed by atoms with Crippen molar-refractivity contribution >= 4 is 10.5 Å². The largest absolute Gasteiger partial charge is 0.425 e. The van der Waals surface area contributed by atoms with E-state index in [0.29, 0.717) is 6.10 Å². The maximum Gasteiger partial charge on any atom is 0.146 e. The van der Waals surface area contributed by atoms with Crippen molar-refractivity contribution in [2.24, 2.45) is 0 Å². The van der Waals surface area contributed by atoms with Gasteiger partial charge < -0.3 is 4.43 Å². The minimum atomic E-state index is 0.444. The smallest absolute Gasteiger partial charge is 0.146 e. The van der Waals surface area contributed by atoms with Crippen molar-refractivity contribution < 1.29 is 4.43 Å². The molecule has 1 nitrogen and oxygen atoms in total. The summed E-state index contributed by atoms with van der Waals surface area (Å²) in [4.78, 5) is 0. The highest BCUT2D eigenvalue weighted by Crippen LogP contribution is 2.00. The van der Waals surface area contributed by atoms with Crippen LogP contribution in [0.3, 0.4) is 0 Å². The third-order valence-corrected chi connectivity index (χ3v) is 1.88. The summed E-state index contributed by atoms with van der Waals surface area (Å²) in [6.45, 7) is 5.76. The Balaban J connectivity index is 3.20. The summed E-state index contributed by atoms with van der Waals surface area (Å²) in [6, 6.07) is 0. The molecule has 0 aromatic heterocycles. The Kier molecular flexibility index (Phi) is 5.01. The lowest BCUT2D eigenvalue weighted by Crippen LogP contribution is -2.07. The second kappa shape index (κ2) is 5.06. The van der Waals surface area contributed by atoms with Crippen LogP contribution in [0.15, 0.2) is 12.7 Å². The summed E-state index contributed by atoms with van der Waals surface area (Å²) in [5, 5.41) is 0. The molecule has 0 saturated carbocycles. The van der Waals surface area contributed by atoms with E-state index < -0.39 is 0 Å². The van der Waals surface area contributed by atoms with Crippen molar-refractivity contribution in [2.45, 2.75) is 25.9 Å². The molecule has 0 N–H and O–H groups in total. The lowest BCUT2D eigenvalue weighted by Gasteiger charge is -2.08. The minimum absolute atomic E-state index is 0.444. The summed E-state index contributed by atoms with van der Waals surface area (Å²) in [5.41, 5.74) is 0. The van der Waals surface area contributed by atoms with E-state index in [9.17, 15) is 0 Å². The Bertz CT molecular complexity index is 59.5. The van der Waals surface area contributed by atoms with Crippen molar-refractivity contribution in [2.75, 3.05) is 0 Å². The fraction of sp³-hybridized carbons (Fsp3) is 0.667. The molecule has 0 aliphatic carbocycles. The van der Waals surface area contributed by atoms with E-state index >= 15 is 0 Å². The van der Waals surface area contributed by atoms with Gasteiger partial charge in [0.2, 0.25) is 0 Å². The molecular formula is C6H14OSi. The van der Waals surface area contributed by atoms with Crippen LogP contribution in [-0.4, -0.2) is 16.6 Å². The zero-order chi connectivity index (χ0) is 6.41. The van der Waals surface area contributed by atoms with E-state index in [1.807, 2.05) is 6.08 Å². The van der Waals surface area contributed by atoms with E-state index in [4.69, 9.17) is 4.43 Å². The molecule has 0 aliphatic heterocycles. The van der Waals surface area contributed by atoms with Crippen LogP contribution in [0.2, 0.25) is 0 Å². The van der Waals surface area contributed by atoms with Crippen LogP contribution < -0.4 is 0 Å². The molecule has 0 fully saturated rings. The van der Waals surface area contributed by atoms with Crippen LogP contribution in [0.1, 0.15) is 19.8 Å². The van der Waals surface area contributed by atoms with Crippen LogP contribution >= 0.6 is 0 Å². The first-order valence-electron chi connectivity index (χ1n) is 2.98. The quantitative estimate of drug-likeness (QED) is 0.401. The summed E-state index contributed by atoms with van der Waals surface area (Å²) in [5.74, 6) is 0. The van der Waals surface area contributed by atoms with Crippen LogP contribution in [-0.2, 0) is 4.43 Å². The average Bonchev–Trinajstić information content (AvgIpc) is 1.83. The van der Waals surface area contributed by atoms with E-state index in [-0.39, 0.29) is 0 Å². The van der Waals surface area contributed by atoms with Gasteiger partial charge in [-0.2, -0.15) is 0 Å². The number of hydrogen-bond acceptors (Lipinski definition) is 1. The van der Waals surface area contributed by atoms with E-state index in [1.54, 1.807) is 0 Å². The Hall–Kier alpha value is -0.0831. The zero-order valence-electron chi connectivity index (χ0n) is 5.68. The molecule has 1 unspecified atom stereocenters. The van der Waals surface area contributed by atoms with Gasteiger partial charge in [-0.1, -0.05) is 13.0 Å². The normalized spacial score (nSPS) is 13.6. The maximum atomic E-state index is 5.21. The fourth-order valence-corrected chi connectivity index (χ4v) is 1.14. The summed E-state index contributed by atoms with van der Waals surface area (Å²) >= 11 is 0. The predicted octanol–water partition coefficient (Wildman–Crippen LogP) is 0.638. The van der Waals surface area contributed by atoms with Crippen LogP contribution in [0.4, 0.5) is 0 Å². The SMILES string of the molecule is C=CCC(CC)O[SiH3]. The number of rotatable bonds is 4. The van der Waals surface area contributed by atoms with E-state index in [1.165, 1.54) is 0 Å². The summed E-state index contributed by atoms with van der Waals surface area (Å²) < 4.78 is 5.21. The standard InChI is InChI=1S/C6H14OSi/c1-3-5-6(4-2)7-8/h3,6H,1,4-5H2,2,8H3. The topological polar surface area (TPSA) is 9.23 Å². The van der Waals surface area contributed by atoms with Gasteiger partial charge in [0, 0.05) is 6.10 Å². The van der Waals surface area contributed by atoms with Gasteiger partial charge in [0.15, 0.2) is 0 Å². The first-order valence-corrected chi connectivity index (χ1v) is 3.80. The highest BCUT2D eigenvalue weighted by Gasteiger charge is 1.97. The first-order chi connectivity index (χ1) is 3.85. The fourth-order valence-electron chi connectivity index (χ4n) is 0.615. The van der Waals surface area contributed by atoms with Gasteiger partial charge >= 0.3 is 0 Å². The molecule has 8 heavy (non-hydrogen) atoms. The van der Waals surface area contributed by atoms with Gasteiger partial charge in [0.05, 0.1) is 0 Å². The zero-order valence-corrected chi connectivity index (χ0v) is 7.68. The molecule has 0 rings (SSSR count). The van der Waals surface area contributed by atoms with Gasteiger partial charge in [-0.25, -0.2) is 0 Å².